The molecule has 0 aliphatic carbocycles. The number of hydrogen-bond donors (Lipinski definition) is 2. The van der Waals surface area contributed by atoms with Gasteiger partial charge in [-0.05, 0) is 24.3 Å². The second kappa shape index (κ2) is 6.06. The quantitative estimate of drug-likeness (QED) is 0.842. The highest BCUT2D eigenvalue weighted by molar-refractivity contribution is 5.82. The molecule has 0 spiro atoms. The number of ether oxygens (including phenoxy) is 1. The van der Waals surface area contributed by atoms with Crippen molar-refractivity contribution in [3.63, 3.8) is 0 Å². The van der Waals surface area contributed by atoms with Crippen LogP contribution >= 0.6 is 0 Å². The predicted octanol–water partition coefficient (Wildman–Crippen LogP) is 2.86. The molecular formula is C15H14FNO3. The van der Waals surface area contributed by atoms with Crippen LogP contribution < -0.4 is 5.32 Å². The Morgan fingerprint density at radius 3 is 2.65 bits per heavy atom. The van der Waals surface area contributed by atoms with Crippen molar-refractivity contribution in [1.29, 1.82) is 0 Å². The van der Waals surface area contributed by atoms with E-state index >= 15 is 0 Å². The van der Waals surface area contributed by atoms with Crippen LogP contribution in [0.2, 0.25) is 0 Å². The van der Waals surface area contributed by atoms with Crippen LogP contribution in [0.1, 0.15) is 11.6 Å². The lowest BCUT2D eigenvalue weighted by molar-refractivity contribution is -0.141. The SMILES string of the molecule is COC(=O)C(Nc1cccc(F)c1)c1ccccc1O. The highest BCUT2D eigenvalue weighted by Crippen LogP contribution is 2.28. The molecule has 20 heavy (non-hydrogen) atoms. The Balaban J connectivity index is 2.34. The molecule has 2 rings (SSSR count). The van der Waals surface area contributed by atoms with Gasteiger partial charge in [0.2, 0.25) is 0 Å². The molecule has 0 saturated carbocycles. The van der Waals surface area contributed by atoms with Crippen molar-refractivity contribution in [3.8, 4) is 5.75 Å². The number of anilines is 1. The number of aromatic hydroxyl groups is 1. The van der Waals surface area contributed by atoms with Crippen molar-refractivity contribution in [1.82, 2.24) is 0 Å². The lowest BCUT2D eigenvalue weighted by atomic mass is 10.1. The number of rotatable bonds is 4. The lowest BCUT2D eigenvalue weighted by Gasteiger charge is -2.19. The molecular weight excluding hydrogens is 261 g/mol. The third-order valence-corrected chi connectivity index (χ3v) is 2.82. The maximum atomic E-state index is 13.2. The second-order valence-electron chi connectivity index (χ2n) is 4.17. The first-order valence-electron chi connectivity index (χ1n) is 5.99. The normalized spacial score (nSPS) is 11.7. The number of methoxy groups -OCH3 is 1. The molecule has 5 heteroatoms. The van der Waals surface area contributed by atoms with E-state index in [9.17, 15) is 14.3 Å². The van der Waals surface area contributed by atoms with E-state index < -0.39 is 17.8 Å². The lowest BCUT2D eigenvalue weighted by Crippen LogP contribution is -2.22. The summed E-state index contributed by atoms with van der Waals surface area (Å²) in [6.07, 6.45) is 0. The Bertz CT molecular complexity index is 616. The van der Waals surface area contributed by atoms with E-state index in [1.807, 2.05) is 0 Å². The monoisotopic (exact) mass is 275 g/mol. The van der Waals surface area contributed by atoms with Crippen molar-refractivity contribution in [2.75, 3.05) is 12.4 Å². The summed E-state index contributed by atoms with van der Waals surface area (Å²) in [5.41, 5.74) is 0.785. The van der Waals surface area contributed by atoms with Crippen LogP contribution in [-0.2, 0) is 9.53 Å². The van der Waals surface area contributed by atoms with E-state index in [1.165, 1.54) is 31.4 Å². The van der Waals surface area contributed by atoms with Gasteiger partial charge in [-0.1, -0.05) is 24.3 Å². The summed E-state index contributed by atoms with van der Waals surface area (Å²) in [6.45, 7) is 0. The summed E-state index contributed by atoms with van der Waals surface area (Å²) in [5.74, 6) is -1.03. The summed E-state index contributed by atoms with van der Waals surface area (Å²) in [5, 5.41) is 12.7. The molecule has 0 bridgehead atoms. The second-order valence-corrected chi connectivity index (χ2v) is 4.17. The van der Waals surface area contributed by atoms with Crippen LogP contribution in [0.25, 0.3) is 0 Å². The molecule has 4 nitrogen and oxygen atoms in total. The van der Waals surface area contributed by atoms with E-state index in [4.69, 9.17) is 4.74 Å². The number of nitrogens with one attached hydrogen (secondary N) is 1. The molecule has 0 aliphatic heterocycles. The number of carbonyl (C=O) groups is 1. The standard InChI is InChI=1S/C15H14FNO3/c1-20-15(19)14(12-7-2-3-8-13(12)18)17-11-6-4-5-10(16)9-11/h2-9,14,17-18H,1H3. The zero-order valence-electron chi connectivity index (χ0n) is 10.8. The highest BCUT2D eigenvalue weighted by Gasteiger charge is 2.24. The van der Waals surface area contributed by atoms with Gasteiger partial charge in [0.25, 0.3) is 0 Å². The van der Waals surface area contributed by atoms with Gasteiger partial charge in [0.1, 0.15) is 11.6 Å². The van der Waals surface area contributed by atoms with Crippen LogP contribution in [0.3, 0.4) is 0 Å². The van der Waals surface area contributed by atoms with Gasteiger partial charge in [-0.15, -0.1) is 0 Å². The summed E-state index contributed by atoms with van der Waals surface area (Å²) in [7, 11) is 1.25. The topological polar surface area (TPSA) is 58.6 Å². The van der Waals surface area contributed by atoms with Gasteiger partial charge in [0.05, 0.1) is 7.11 Å². The zero-order valence-corrected chi connectivity index (χ0v) is 10.8. The van der Waals surface area contributed by atoms with E-state index in [2.05, 4.69) is 5.32 Å². The Kier molecular flexibility index (Phi) is 4.20. The number of esters is 1. The van der Waals surface area contributed by atoms with Crippen LogP contribution in [-0.4, -0.2) is 18.2 Å². The van der Waals surface area contributed by atoms with E-state index in [0.717, 1.165) is 0 Å². The van der Waals surface area contributed by atoms with Crippen molar-refractivity contribution in [2.45, 2.75) is 6.04 Å². The van der Waals surface area contributed by atoms with Gasteiger partial charge in [-0.2, -0.15) is 0 Å². The minimum absolute atomic E-state index is 0.0354. The molecule has 0 heterocycles. The van der Waals surface area contributed by atoms with Gasteiger partial charge >= 0.3 is 5.97 Å². The fraction of sp³-hybridized carbons (Fsp3) is 0.133. The summed E-state index contributed by atoms with van der Waals surface area (Å²) in [4.78, 5) is 11.9. The highest BCUT2D eigenvalue weighted by atomic mass is 19.1. The van der Waals surface area contributed by atoms with Gasteiger partial charge in [0.15, 0.2) is 6.04 Å². The van der Waals surface area contributed by atoms with Crippen molar-refractivity contribution in [3.05, 3.63) is 59.9 Å². The average molecular weight is 275 g/mol. The first-order valence-corrected chi connectivity index (χ1v) is 5.99. The van der Waals surface area contributed by atoms with Crippen molar-refractivity contribution < 1.29 is 19.0 Å². The maximum absolute atomic E-state index is 13.2. The molecule has 0 radical (unpaired) electrons. The number of para-hydroxylation sites is 1. The zero-order chi connectivity index (χ0) is 14.5. The minimum atomic E-state index is -0.914. The Morgan fingerprint density at radius 1 is 1.25 bits per heavy atom. The van der Waals surface area contributed by atoms with E-state index in [1.54, 1.807) is 24.3 Å². The minimum Gasteiger partial charge on any atom is -0.508 e. The average Bonchev–Trinajstić information content (AvgIpc) is 2.45. The van der Waals surface area contributed by atoms with E-state index in [-0.39, 0.29) is 5.75 Å². The van der Waals surface area contributed by atoms with Gasteiger partial charge in [-0.25, -0.2) is 9.18 Å². The molecule has 0 amide bonds. The third kappa shape index (κ3) is 3.06. The summed E-state index contributed by atoms with van der Waals surface area (Å²) in [6, 6.07) is 11.2. The molecule has 1 unspecified atom stereocenters. The fourth-order valence-corrected chi connectivity index (χ4v) is 1.86. The molecule has 0 aliphatic rings. The first-order chi connectivity index (χ1) is 9.61. The Labute approximate surface area is 115 Å². The Hall–Kier alpha value is -2.56. The van der Waals surface area contributed by atoms with Crippen molar-refractivity contribution >= 4 is 11.7 Å². The molecule has 0 fully saturated rings. The number of benzene rings is 2. The number of hydrogen-bond acceptors (Lipinski definition) is 4. The summed E-state index contributed by atoms with van der Waals surface area (Å²) < 4.78 is 17.9. The molecule has 0 saturated heterocycles. The molecule has 104 valence electrons. The van der Waals surface area contributed by atoms with E-state index in [0.29, 0.717) is 11.3 Å². The number of phenolic OH excluding ortho intramolecular Hbond substituents is 1. The largest absolute Gasteiger partial charge is 0.508 e. The first kappa shape index (κ1) is 13.9. The third-order valence-electron chi connectivity index (χ3n) is 2.82. The smallest absolute Gasteiger partial charge is 0.333 e. The molecule has 2 N–H and O–H groups in total. The Morgan fingerprint density at radius 2 is 2.00 bits per heavy atom. The fourth-order valence-electron chi connectivity index (χ4n) is 1.86. The molecule has 2 aromatic carbocycles. The molecule has 2 aromatic rings. The van der Waals surface area contributed by atoms with Crippen LogP contribution in [0, 0.1) is 5.82 Å². The number of halogens is 1. The van der Waals surface area contributed by atoms with Crippen LogP contribution in [0.5, 0.6) is 5.75 Å². The van der Waals surface area contributed by atoms with Gasteiger partial charge < -0.3 is 15.2 Å². The van der Waals surface area contributed by atoms with Crippen LogP contribution in [0.4, 0.5) is 10.1 Å². The maximum Gasteiger partial charge on any atom is 0.333 e. The van der Waals surface area contributed by atoms with Gasteiger partial charge in [0, 0.05) is 11.3 Å². The predicted molar refractivity (Wildman–Crippen MR) is 72.9 cm³/mol. The molecule has 1 atom stereocenters. The molecule has 0 aromatic heterocycles. The van der Waals surface area contributed by atoms with Crippen LogP contribution in [0.15, 0.2) is 48.5 Å². The number of phenols is 1. The number of carbonyl (C=O) groups excluding carboxylic acids is 1. The summed E-state index contributed by atoms with van der Waals surface area (Å²) >= 11 is 0. The van der Waals surface area contributed by atoms with Gasteiger partial charge in [-0.3, -0.25) is 0 Å². The van der Waals surface area contributed by atoms with Crippen molar-refractivity contribution in [2.24, 2.45) is 0 Å².